The SMILES string of the molecule is COCCN(C)CCNCCCC(=O)O. The number of nitrogens with one attached hydrogen (secondary N) is 1. The van der Waals surface area contributed by atoms with E-state index >= 15 is 0 Å². The molecule has 0 aliphatic carbocycles. The molecule has 2 N–H and O–H groups in total. The van der Waals surface area contributed by atoms with Crippen LogP contribution in [0, 0.1) is 0 Å². The molecule has 0 atom stereocenters. The van der Waals surface area contributed by atoms with E-state index in [2.05, 4.69) is 10.2 Å². The van der Waals surface area contributed by atoms with Gasteiger partial charge in [-0.3, -0.25) is 4.79 Å². The number of carboxylic acid groups (broad SMARTS) is 1. The van der Waals surface area contributed by atoms with E-state index in [1.54, 1.807) is 7.11 Å². The van der Waals surface area contributed by atoms with Crippen LogP contribution in [-0.4, -0.2) is 62.9 Å². The van der Waals surface area contributed by atoms with Crippen molar-refractivity contribution in [1.29, 1.82) is 0 Å². The molecule has 0 spiro atoms. The van der Waals surface area contributed by atoms with E-state index in [9.17, 15) is 4.79 Å². The smallest absolute Gasteiger partial charge is 0.303 e. The second kappa shape index (κ2) is 9.89. The van der Waals surface area contributed by atoms with Crippen molar-refractivity contribution in [1.82, 2.24) is 10.2 Å². The molecule has 0 saturated heterocycles. The maximum absolute atomic E-state index is 10.2. The summed E-state index contributed by atoms with van der Waals surface area (Å²) in [5.41, 5.74) is 0. The summed E-state index contributed by atoms with van der Waals surface area (Å²) in [6, 6.07) is 0. The van der Waals surface area contributed by atoms with Crippen molar-refractivity contribution in [3.05, 3.63) is 0 Å². The first-order valence-electron chi connectivity index (χ1n) is 5.26. The van der Waals surface area contributed by atoms with Gasteiger partial charge >= 0.3 is 5.97 Å². The van der Waals surface area contributed by atoms with Gasteiger partial charge in [-0.2, -0.15) is 0 Å². The summed E-state index contributed by atoms with van der Waals surface area (Å²) in [7, 11) is 3.73. The standard InChI is InChI=1S/C10H22N2O3/c1-12(8-9-15-2)7-6-11-5-3-4-10(13)14/h11H,3-9H2,1-2H3,(H,13,14). The molecule has 5 nitrogen and oxygen atoms in total. The average Bonchev–Trinajstić information content (AvgIpc) is 2.19. The number of hydrogen-bond donors (Lipinski definition) is 2. The molecule has 0 bridgehead atoms. The van der Waals surface area contributed by atoms with Crippen molar-refractivity contribution in [2.75, 3.05) is 46.9 Å². The molecule has 0 saturated carbocycles. The summed E-state index contributed by atoms with van der Waals surface area (Å²) in [5, 5.41) is 11.6. The molecule has 0 fully saturated rings. The normalized spacial score (nSPS) is 10.9. The zero-order valence-corrected chi connectivity index (χ0v) is 9.66. The Hall–Kier alpha value is -0.650. The maximum atomic E-state index is 10.2. The van der Waals surface area contributed by atoms with E-state index < -0.39 is 5.97 Å². The van der Waals surface area contributed by atoms with Crippen LogP contribution in [0.5, 0.6) is 0 Å². The Kier molecular flexibility index (Phi) is 9.46. The fourth-order valence-electron chi connectivity index (χ4n) is 1.12. The largest absolute Gasteiger partial charge is 0.481 e. The zero-order chi connectivity index (χ0) is 11.5. The van der Waals surface area contributed by atoms with Gasteiger partial charge in [0.25, 0.3) is 0 Å². The van der Waals surface area contributed by atoms with E-state index in [0.717, 1.165) is 32.8 Å². The van der Waals surface area contributed by atoms with Crippen LogP contribution >= 0.6 is 0 Å². The Morgan fingerprint density at radius 1 is 1.40 bits per heavy atom. The molecule has 0 aliphatic heterocycles. The van der Waals surface area contributed by atoms with Crippen LogP contribution in [0.15, 0.2) is 0 Å². The highest BCUT2D eigenvalue weighted by Gasteiger charge is 1.98. The lowest BCUT2D eigenvalue weighted by molar-refractivity contribution is -0.137. The summed E-state index contributed by atoms with van der Waals surface area (Å²) >= 11 is 0. The topological polar surface area (TPSA) is 61.8 Å². The third kappa shape index (κ3) is 11.3. The molecule has 15 heavy (non-hydrogen) atoms. The van der Waals surface area contributed by atoms with Gasteiger partial charge in [-0.05, 0) is 20.0 Å². The molecule has 0 aromatic rings. The Labute approximate surface area is 91.4 Å². The van der Waals surface area contributed by atoms with E-state index in [0.29, 0.717) is 6.42 Å². The number of methoxy groups -OCH3 is 1. The lowest BCUT2D eigenvalue weighted by Crippen LogP contribution is -2.31. The fourth-order valence-corrected chi connectivity index (χ4v) is 1.12. The summed E-state index contributed by atoms with van der Waals surface area (Å²) in [6.07, 6.45) is 0.934. The summed E-state index contributed by atoms with van der Waals surface area (Å²) in [5.74, 6) is -0.728. The number of nitrogens with zero attached hydrogens (tertiary/aromatic N) is 1. The quantitative estimate of drug-likeness (QED) is 0.506. The van der Waals surface area contributed by atoms with Crippen LogP contribution in [0.3, 0.4) is 0 Å². The van der Waals surface area contributed by atoms with Crippen molar-refractivity contribution in [2.45, 2.75) is 12.8 Å². The van der Waals surface area contributed by atoms with Gasteiger partial charge in [0.2, 0.25) is 0 Å². The lowest BCUT2D eigenvalue weighted by Gasteiger charge is -2.15. The fraction of sp³-hybridized carbons (Fsp3) is 0.900. The molecule has 0 amide bonds. The van der Waals surface area contributed by atoms with Crippen molar-refractivity contribution < 1.29 is 14.6 Å². The highest BCUT2D eigenvalue weighted by molar-refractivity contribution is 5.66. The van der Waals surface area contributed by atoms with Crippen LogP contribution < -0.4 is 5.32 Å². The van der Waals surface area contributed by atoms with Gasteiger partial charge in [-0.1, -0.05) is 0 Å². The summed E-state index contributed by atoms with van der Waals surface area (Å²) in [6.45, 7) is 4.28. The van der Waals surface area contributed by atoms with E-state index in [4.69, 9.17) is 9.84 Å². The Bertz CT molecular complexity index is 165. The number of carbonyl (C=O) groups is 1. The summed E-state index contributed by atoms with van der Waals surface area (Å²) < 4.78 is 4.96. The second-order valence-electron chi connectivity index (χ2n) is 3.54. The molecule has 0 aromatic carbocycles. The number of hydrogen-bond acceptors (Lipinski definition) is 4. The highest BCUT2D eigenvalue weighted by Crippen LogP contribution is 1.86. The molecule has 0 aliphatic rings. The van der Waals surface area contributed by atoms with Crippen molar-refractivity contribution in [3.63, 3.8) is 0 Å². The van der Waals surface area contributed by atoms with Crippen molar-refractivity contribution in [2.24, 2.45) is 0 Å². The highest BCUT2D eigenvalue weighted by atomic mass is 16.5. The van der Waals surface area contributed by atoms with Gasteiger partial charge in [0, 0.05) is 33.2 Å². The van der Waals surface area contributed by atoms with Gasteiger partial charge in [0.15, 0.2) is 0 Å². The second-order valence-corrected chi connectivity index (χ2v) is 3.54. The molecule has 5 heteroatoms. The number of aliphatic carboxylic acids is 1. The number of carboxylic acids is 1. The van der Waals surface area contributed by atoms with Crippen LogP contribution in [0.25, 0.3) is 0 Å². The lowest BCUT2D eigenvalue weighted by atomic mass is 10.3. The van der Waals surface area contributed by atoms with Gasteiger partial charge in [-0.15, -0.1) is 0 Å². The first kappa shape index (κ1) is 14.3. The van der Waals surface area contributed by atoms with Gasteiger partial charge in [0.1, 0.15) is 0 Å². The van der Waals surface area contributed by atoms with Crippen LogP contribution in [0.4, 0.5) is 0 Å². The first-order chi connectivity index (χ1) is 7.16. The number of ether oxygens (including phenoxy) is 1. The monoisotopic (exact) mass is 218 g/mol. The van der Waals surface area contributed by atoms with Crippen LogP contribution in [-0.2, 0) is 9.53 Å². The Morgan fingerprint density at radius 2 is 2.13 bits per heavy atom. The van der Waals surface area contributed by atoms with Crippen LogP contribution in [0.2, 0.25) is 0 Å². The van der Waals surface area contributed by atoms with Crippen LogP contribution in [0.1, 0.15) is 12.8 Å². The van der Waals surface area contributed by atoms with E-state index in [1.807, 2.05) is 7.05 Å². The van der Waals surface area contributed by atoms with Gasteiger partial charge in [0.05, 0.1) is 6.61 Å². The minimum absolute atomic E-state index is 0.243. The molecule has 0 heterocycles. The van der Waals surface area contributed by atoms with Crippen molar-refractivity contribution >= 4 is 5.97 Å². The number of likely N-dealkylation sites (N-methyl/N-ethyl adjacent to an activating group) is 1. The predicted octanol–water partition coefficient (Wildman–Crippen LogP) is 0.0190. The summed E-state index contributed by atoms with van der Waals surface area (Å²) in [4.78, 5) is 12.4. The number of rotatable bonds is 10. The molecular weight excluding hydrogens is 196 g/mol. The minimum atomic E-state index is -0.728. The molecule has 0 unspecified atom stereocenters. The molecule has 0 rings (SSSR count). The Balaban J connectivity index is 3.12. The van der Waals surface area contributed by atoms with Crippen molar-refractivity contribution in [3.8, 4) is 0 Å². The maximum Gasteiger partial charge on any atom is 0.303 e. The van der Waals surface area contributed by atoms with Gasteiger partial charge < -0.3 is 20.1 Å². The minimum Gasteiger partial charge on any atom is -0.481 e. The molecule has 90 valence electrons. The third-order valence-corrected chi connectivity index (χ3v) is 2.09. The zero-order valence-electron chi connectivity index (χ0n) is 9.66. The molecular formula is C10H22N2O3. The first-order valence-corrected chi connectivity index (χ1v) is 5.26. The predicted molar refractivity (Wildman–Crippen MR) is 59.1 cm³/mol. The average molecular weight is 218 g/mol. The van der Waals surface area contributed by atoms with Gasteiger partial charge in [-0.25, -0.2) is 0 Å². The Morgan fingerprint density at radius 3 is 2.73 bits per heavy atom. The molecule has 0 aromatic heterocycles. The van der Waals surface area contributed by atoms with E-state index in [-0.39, 0.29) is 6.42 Å². The van der Waals surface area contributed by atoms with E-state index in [1.165, 1.54) is 0 Å². The third-order valence-electron chi connectivity index (χ3n) is 2.09. The molecule has 0 radical (unpaired) electrons.